The second kappa shape index (κ2) is 5.71. The highest BCUT2D eigenvalue weighted by Gasteiger charge is 2.26. The molecule has 3 rings (SSSR count). The Bertz CT molecular complexity index is 556. The van der Waals surface area contributed by atoms with E-state index in [1.807, 2.05) is 18.6 Å². The molecule has 0 spiro atoms. The Balaban J connectivity index is 1.77. The van der Waals surface area contributed by atoms with Crippen LogP contribution in [-0.4, -0.2) is 38.7 Å². The summed E-state index contributed by atoms with van der Waals surface area (Å²) in [5.74, 6) is 1.58. The average molecular weight is 271 g/mol. The van der Waals surface area contributed by atoms with E-state index in [0.717, 1.165) is 36.6 Å². The lowest BCUT2D eigenvalue weighted by molar-refractivity contribution is 0.328. The van der Waals surface area contributed by atoms with Crippen LogP contribution in [0.4, 0.5) is 0 Å². The zero-order chi connectivity index (χ0) is 13.9. The average Bonchev–Trinajstić information content (AvgIpc) is 3.20. The number of rotatable bonds is 6. The zero-order valence-corrected chi connectivity index (χ0v) is 12.1. The first-order valence-corrected chi connectivity index (χ1v) is 7.31. The van der Waals surface area contributed by atoms with Crippen molar-refractivity contribution < 1.29 is 0 Å². The van der Waals surface area contributed by atoms with Crippen molar-refractivity contribution in [2.75, 3.05) is 13.6 Å². The molecule has 0 aromatic carbocycles. The predicted octanol–water partition coefficient (Wildman–Crippen LogP) is 2.59. The Morgan fingerprint density at radius 2 is 2.05 bits per heavy atom. The molecule has 0 radical (unpaired) electrons. The fourth-order valence-electron chi connectivity index (χ4n) is 2.45. The van der Waals surface area contributed by atoms with E-state index in [1.165, 1.54) is 18.4 Å². The predicted molar refractivity (Wildman–Crippen MR) is 78.2 cm³/mol. The maximum Gasteiger partial charge on any atom is 0.131 e. The second-order valence-electron chi connectivity index (χ2n) is 5.60. The molecule has 1 saturated carbocycles. The number of H-pyrrole nitrogens is 1. The van der Waals surface area contributed by atoms with Crippen LogP contribution >= 0.6 is 0 Å². The molecule has 1 aliphatic rings. The Morgan fingerprint density at radius 1 is 1.30 bits per heavy atom. The molecule has 0 saturated heterocycles. The number of aromatic nitrogens is 4. The largest absolute Gasteiger partial charge is 0.302 e. The van der Waals surface area contributed by atoms with Crippen LogP contribution < -0.4 is 0 Å². The first-order valence-electron chi connectivity index (χ1n) is 7.31. The Hall–Kier alpha value is -1.75. The maximum absolute atomic E-state index is 4.47. The maximum atomic E-state index is 4.47. The first kappa shape index (κ1) is 13.2. The third kappa shape index (κ3) is 2.88. The highest BCUT2D eigenvalue weighted by atomic mass is 15.1. The third-order valence-electron chi connectivity index (χ3n) is 3.65. The molecular formula is C15H21N5. The van der Waals surface area contributed by atoms with Gasteiger partial charge in [0.2, 0.25) is 0 Å². The van der Waals surface area contributed by atoms with E-state index in [9.17, 15) is 0 Å². The second-order valence-corrected chi connectivity index (χ2v) is 5.60. The van der Waals surface area contributed by atoms with Gasteiger partial charge in [0.05, 0.1) is 5.69 Å². The molecule has 2 aromatic heterocycles. The van der Waals surface area contributed by atoms with Gasteiger partial charge in [-0.05, 0) is 32.9 Å². The molecule has 20 heavy (non-hydrogen) atoms. The fourth-order valence-corrected chi connectivity index (χ4v) is 2.45. The summed E-state index contributed by atoms with van der Waals surface area (Å²) in [5.41, 5.74) is 3.16. The standard InChI is InChI=1S/C15H21N5/c1-3-6-20(2)10-13-9-18-19-14(13)12-7-16-15(17-8-12)11-4-5-11/h7-9,11H,3-6,10H2,1-2H3,(H,18,19). The Labute approximate surface area is 119 Å². The van der Waals surface area contributed by atoms with Crippen LogP contribution in [0.25, 0.3) is 11.3 Å². The van der Waals surface area contributed by atoms with Gasteiger partial charge in [-0.1, -0.05) is 6.92 Å². The summed E-state index contributed by atoms with van der Waals surface area (Å²) in [4.78, 5) is 11.2. The molecule has 0 bridgehead atoms. The summed E-state index contributed by atoms with van der Waals surface area (Å²) in [5, 5.41) is 7.32. The van der Waals surface area contributed by atoms with Gasteiger partial charge >= 0.3 is 0 Å². The number of nitrogens with zero attached hydrogens (tertiary/aromatic N) is 4. The minimum atomic E-state index is 0.596. The van der Waals surface area contributed by atoms with Gasteiger partial charge in [0.15, 0.2) is 0 Å². The van der Waals surface area contributed by atoms with Gasteiger partial charge in [-0.3, -0.25) is 5.10 Å². The number of nitrogens with one attached hydrogen (secondary N) is 1. The van der Waals surface area contributed by atoms with E-state index in [-0.39, 0.29) is 0 Å². The van der Waals surface area contributed by atoms with Crippen LogP contribution in [0.5, 0.6) is 0 Å². The number of hydrogen-bond acceptors (Lipinski definition) is 4. The van der Waals surface area contributed by atoms with E-state index >= 15 is 0 Å². The summed E-state index contributed by atoms with van der Waals surface area (Å²) < 4.78 is 0. The molecule has 5 heteroatoms. The SMILES string of the molecule is CCCN(C)Cc1c[nH]nc1-c1cnc(C2CC2)nc1. The van der Waals surface area contributed by atoms with Crippen LogP contribution in [0.2, 0.25) is 0 Å². The quantitative estimate of drug-likeness (QED) is 0.877. The third-order valence-corrected chi connectivity index (χ3v) is 3.65. The van der Waals surface area contributed by atoms with Gasteiger partial charge < -0.3 is 4.90 Å². The lowest BCUT2D eigenvalue weighted by Crippen LogP contribution is -2.18. The molecular weight excluding hydrogens is 250 g/mol. The molecule has 0 atom stereocenters. The lowest BCUT2D eigenvalue weighted by atomic mass is 10.1. The van der Waals surface area contributed by atoms with Crippen molar-refractivity contribution in [2.24, 2.45) is 0 Å². The monoisotopic (exact) mass is 271 g/mol. The van der Waals surface area contributed by atoms with Crippen molar-refractivity contribution >= 4 is 0 Å². The summed E-state index contributed by atoms with van der Waals surface area (Å²) in [6.07, 6.45) is 9.39. The molecule has 106 valence electrons. The van der Waals surface area contributed by atoms with Gasteiger partial charge in [-0.2, -0.15) is 5.10 Å². The number of hydrogen-bond donors (Lipinski definition) is 1. The molecule has 1 aliphatic carbocycles. The van der Waals surface area contributed by atoms with Crippen molar-refractivity contribution in [3.63, 3.8) is 0 Å². The van der Waals surface area contributed by atoms with E-state index < -0.39 is 0 Å². The molecule has 0 amide bonds. The van der Waals surface area contributed by atoms with Crippen molar-refractivity contribution in [1.82, 2.24) is 25.1 Å². The topological polar surface area (TPSA) is 57.7 Å². The van der Waals surface area contributed by atoms with Gasteiger partial charge in [-0.25, -0.2) is 9.97 Å². The molecule has 5 nitrogen and oxygen atoms in total. The smallest absolute Gasteiger partial charge is 0.131 e. The molecule has 0 aliphatic heterocycles. The van der Waals surface area contributed by atoms with Crippen LogP contribution in [0.1, 0.15) is 43.5 Å². The Morgan fingerprint density at radius 3 is 2.70 bits per heavy atom. The molecule has 2 aromatic rings. The summed E-state index contributed by atoms with van der Waals surface area (Å²) in [6, 6.07) is 0. The minimum Gasteiger partial charge on any atom is -0.302 e. The lowest BCUT2D eigenvalue weighted by Gasteiger charge is -2.15. The summed E-state index contributed by atoms with van der Waals surface area (Å²) in [7, 11) is 2.13. The highest BCUT2D eigenvalue weighted by molar-refractivity contribution is 5.60. The van der Waals surface area contributed by atoms with Gasteiger partial charge in [0.25, 0.3) is 0 Å². The van der Waals surface area contributed by atoms with Crippen molar-refractivity contribution in [3.8, 4) is 11.3 Å². The molecule has 2 heterocycles. The molecule has 1 fully saturated rings. The fraction of sp³-hybridized carbons (Fsp3) is 0.533. The van der Waals surface area contributed by atoms with Crippen LogP contribution in [-0.2, 0) is 6.54 Å². The van der Waals surface area contributed by atoms with Crippen LogP contribution in [0, 0.1) is 0 Å². The van der Waals surface area contributed by atoms with E-state index in [0.29, 0.717) is 5.92 Å². The molecule has 0 unspecified atom stereocenters. The van der Waals surface area contributed by atoms with E-state index in [4.69, 9.17) is 0 Å². The number of aromatic amines is 1. The van der Waals surface area contributed by atoms with Crippen molar-refractivity contribution in [1.29, 1.82) is 0 Å². The normalized spacial score (nSPS) is 14.9. The summed E-state index contributed by atoms with van der Waals surface area (Å²) in [6.45, 7) is 4.17. The molecule has 1 N–H and O–H groups in total. The van der Waals surface area contributed by atoms with Crippen molar-refractivity contribution in [2.45, 2.75) is 38.6 Å². The van der Waals surface area contributed by atoms with Gasteiger partial charge in [-0.15, -0.1) is 0 Å². The zero-order valence-electron chi connectivity index (χ0n) is 12.1. The van der Waals surface area contributed by atoms with Gasteiger partial charge in [0, 0.05) is 42.2 Å². The summed E-state index contributed by atoms with van der Waals surface area (Å²) >= 11 is 0. The Kier molecular flexibility index (Phi) is 3.78. The minimum absolute atomic E-state index is 0.596. The van der Waals surface area contributed by atoms with Crippen molar-refractivity contribution in [3.05, 3.63) is 30.0 Å². The van der Waals surface area contributed by atoms with Crippen LogP contribution in [0.15, 0.2) is 18.6 Å². The highest BCUT2D eigenvalue weighted by Crippen LogP contribution is 2.38. The van der Waals surface area contributed by atoms with E-state index in [2.05, 4.69) is 39.0 Å². The first-order chi connectivity index (χ1) is 9.78. The van der Waals surface area contributed by atoms with Crippen LogP contribution in [0.3, 0.4) is 0 Å². The van der Waals surface area contributed by atoms with Gasteiger partial charge in [0.1, 0.15) is 5.82 Å². The van der Waals surface area contributed by atoms with E-state index in [1.54, 1.807) is 0 Å².